The summed E-state index contributed by atoms with van der Waals surface area (Å²) in [7, 11) is 1.51. The van der Waals surface area contributed by atoms with Crippen LogP contribution in [0.4, 0.5) is 0 Å². The molecule has 88 valence electrons. The van der Waals surface area contributed by atoms with E-state index in [2.05, 4.69) is 5.32 Å². The van der Waals surface area contributed by atoms with E-state index >= 15 is 0 Å². The zero-order valence-corrected chi connectivity index (χ0v) is 10.4. The fourth-order valence-electron chi connectivity index (χ4n) is 1.08. The SMILES string of the molecule is COc1ccsc1C(=O)NCC(=O)C(C)C. The number of thiophene rings is 1. The molecule has 0 unspecified atom stereocenters. The maximum absolute atomic E-state index is 11.7. The molecule has 0 radical (unpaired) electrons. The highest BCUT2D eigenvalue weighted by Crippen LogP contribution is 2.23. The van der Waals surface area contributed by atoms with Crippen LogP contribution in [0.3, 0.4) is 0 Å². The third-order valence-electron chi connectivity index (χ3n) is 2.12. The van der Waals surface area contributed by atoms with Gasteiger partial charge >= 0.3 is 0 Å². The number of ketones is 1. The number of rotatable bonds is 5. The zero-order valence-electron chi connectivity index (χ0n) is 9.57. The minimum absolute atomic E-state index is 0.0175. The highest BCUT2D eigenvalue weighted by Gasteiger charge is 2.15. The number of nitrogens with one attached hydrogen (secondary N) is 1. The molecule has 1 N–H and O–H groups in total. The lowest BCUT2D eigenvalue weighted by Gasteiger charge is -2.06. The first kappa shape index (κ1) is 12.7. The van der Waals surface area contributed by atoms with E-state index in [0.29, 0.717) is 10.6 Å². The summed E-state index contributed by atoms with van der Waals surface area (Å²) in [6.45, 7) is 3.68. The van der Waals surface area contributed by atoms with Gasteiger partial charge in [-0.15, -0.1) is 11.3 Å². The standard InChI is InChI=1S/C11H15NO3S/c1-7(2)8(13)6-12-11(14)10-9(15-3)4-5-16-10/h4-5,7H,6H2,1-3H3,(H,12,14). The van der Waals surface area contributed by atoms with Crippen molar-refractivity contribution in [1.29, 1.82) is 0 Å². The normalized spacial score (nSPS) is 10.2. The van der Waals surface area contributed by atoms with Gasteiger partial charge in [0.25, 0.3) is 5.91 Å². The molecule has 0 aliphatic heterocycles. The molecule has 0 aliphatic rings. The minimum atomic E-state index is -0.263. The molecule has 5 heteroatoms. The van der Waals surface area contributed by atoms with Gasteiger partial charge < -0.3 is 10.1 Å². The van der Waals surface area contributed by atoms with Crippen LogP contribution in [-0.2, 0) is 4.79 Å². The second kappa shape index (κ2) is 5.65. The second-order valence-corrected chi connectivity index (χ2v) is 4.54. The third-order valence-corrected chi connectivity index (χ3v) is 3.02. The van der Waals surface area contributed by atoms with Gasteiger partial charge in [-0.25, -0.2) is 0 Å². The van der Waals surface area contributed by atoms with E-state index in [1.54, 1.807) is 25.3 Å². The third kappa shape index (κ3) is 3.06. The molecule has 4 nitrogen and oxygen atoms in total. The molecule has 1 amide bonds. The molecule has 0 saturated heterocycles. The first-order valence-electron chi connectivity index (χ1n) is 4.98. The molecule has 1 aromatic rings. The molecule has 1 heterocycles. The number of hydrogen-bond acceptors (Lipinski definition) is 4. The number of Topliss-reactive ketones (excluding diaryl/α,β-unsaturated/α-hetero) is 1. The predicted octanol–water partition coefficient (Wildman–Crippen LogP) is 1.71. The van der Waals surface area contributed by atoms with E-state index in [-0.39, 0.29) is 24.2 Å². The van der Waals surface area contributed by atoms with Gasteiger partial charge in [0.2, 0.25) is 0 Å². The Kier molecular flexibility index (Phi) is 4.49. The smallest absolute Gasteiger partial charge is 0.265 e. The van der Waals surface area contributed by atoms with E-state index in [9.17, 15) is 9.59 Å². The fraction of sp³-hybridized carbons (Fsp3) is 0.455. The monoisotopic (exact) mass is 241 g/mol. The quantitative estimate of drug-likeness (QED) is 0.853. The Morgan fingerprint density at radius 2 is 2.19 bits per heavy atom. The van der Waals surface area contributed by atoms with Crippen LogP contribution in [-0.4, -0.2) is 25.3 Å². The fourth-order valence-corrected chi connectivity index (χ4v) is 1.85. The van der Waals surface area contributed by atoms with Gasteiger partial charge in [-0.05, 0) is 11.4 Å². The van der Waals surface area contributed by atoms with Crippen molar-refractivity contribution in [1.82, 2.24) is 5.32 Å². The van der Waals surface area contributed by atoms with Gasteiger partial charge in [-0.1, -0.05) is 13.8 Å². The van der Waals surface area contributed by atoms with Gasteiger partial charge in [0, 0.05) is 5.92 Å². The van der Waals surface area contributed by atoms with Gasteiger partial charge in [0.05, 0.1) is 13.7 Å². The molecule has 1 rings (SSSR count). The molecule has 0 aliphatic carbocycles. The van der Waals surface area contributed by atoms with Crippen LogP contribution in [0, 0.1) is 5.92 Å². The Hall–Kier alpha value is -1.36. The highest BCUT2D eigenvalue weighted by atomic mass is 32.1. The number of amides is 1. The molecular formula is C11H15NO3S. The second-order valence-electron chi connectivity index (χ2n) is 3.62. The van der Waals surface area contributed by atoms with Crippen molar-refractivity contribution >= 4 is 23.0 Å². The molecule has 0 spiro atoms. The Labute approximate surface area is 98.6 Å². The van der Waals surface area contributed by atoms with Crippen molar-refractivity contribution in [2.24, 2.45) is 5.92 Å². The summed E-state index contributed by atoms with van der Waals surface area (Å²) in [6, 6.07) is 1.73. The summed E-state index contributed by atoms with van der Waals surface area (Å²) in [5.74, 6) is 0.231. The number of ether oxygens (including phenoxy) is 1. The molecule has 0 saturated carbocycles. The lowest BCUT2D eigenvalue weighted by Crippen LogP contribution is -2.31. The summed E-state index contributed by atoms with van der Waals surface area (Å²) >= 11 is 1.29. The predicted molar refractivity (Wildman–Crippen MR) is 63.0 cm³/mol. The van der Waals surface area contributed by atoms with Crippen molar-refractivity contribution in [3.8, 4) is 5.75 Å². The molecule has 0 fully saturated rings. The topological polar surface area (TPSA) is 55.4 Å². The summed E-state index contributed by atoms with van der Waals surface area (Å²) in [4.78, 5) is 23.5. The Morgan fingerprint density at radius 1 is 1.50 bits per heavy atom. The van der Waals surface area contributed by atoms with E-state index in [0.717, 1.165) is 0 Å². The van der Waals surface area contributed by atoms with Gasteiger partial charge in [-0.3, -0.25) is 9.59 Å². The maximum atomic E-state index is 11.7. The molecule has 1 aromatic heterocycles. The lowest BCUT2D eigenvalue weighted by atomic mass is 10.1. The molecule has 0 aromatic carbocycles. The summed E-state index contributed by atoms with van der Waals surface area (Å²) in [5, 5.41) is 4.36. The number of methoxy groups -OCH3 is 1. The summed E-state index contributed by atoms with van der Waals surface area (Å²) in [5.41, 5.74) is 0. The first-order valence-corrected chi connectivity index (χ1v) is 5.86. The maximum Gasteiger partial charge on any atom is 0.265 e. The van der Waals surface area contributed by atoms with Crippen molar-refractivity contribution < 1.29 is 14.3 Å². The average Bonchev–Trinajstić information content (AvgIpc) is 2.73. The van der Waals surface area contributed by atoms with Crippen molar-refractivity contribution in [2.45, 2.75) is 13.8 Å². The van der Waals surface area contributed by atoms with Crippen LogP contribution in [0.1, 0.15) is 23.5 Å². The number of carbonyl (C=O) groups is 2. The Morgan fingerprint density at radius 3 is 2.75 bits per heavy atom. The largest absolute Gasteiger partial charge is 0.495 e. The molecule has 0 bridgehead atoms. The minimum Gasteiger partial charge on any atom is -0.495 e. The Balaban J connectivity index is 2.56. The van der Waals surface area contributed by atoms with E-state index in [1.165, 1.54) is 18.4 Å². The number of carbonyl (C=O) groups excluding carboxylic acids is 2. The van der Waals surface area contributed by atoms with Crippen molar-refractivity contribution in [3.05, 3.63) is 16.3 Å². The highest BCUT2D eigenvalue weighted by molar-refractivity contribution is 7.12. The van der Waals surface area contributed by atoms with Gasteiger partial charge in [0.15, 0.2) is 5.78 Å². The van der Waals surface area contributed by atoms with Gasteiger partial charge in [-0.2, -0.15) is 0 Å². The first-order chi connectivity index (χ1) is 7.56. The Bertz CT molecular complexity index is 384. The lowest BCUT2D eigenvalue weighted by molar-refractivity contribution is -0.120. The zero-order chi connectivity index (χ0) is 12.1. The van der Waals surface area contributed by atoms with Crippen LogP contribution in [0.15, 0.2) is 11.4 Å². The molecular weight excluding hydrogens is 226 g/mol. The van der Waals surface area contributed by atoms with E-state index in [1.807, 2.05) is 0 Å². The summed E-state index contributed by atoms with van der Waals surface area (Å²) < 4.78 is 5.03. The summed E-state index contributed by atoms with van der Waals surface area (Å²) in [6.07, 6.45) is 0. The van der Waals surface area contributed by atoms with E-state index in [4.69, 9.17) is 4.74 Å². The van der Waals surface area contributed by atoms with Crippen LogP contribution in [0.2, 0.25) is 0 Å². The van der Waals surface area contributed by atoms with E-state index < -0.39 is 0 Å². The average molecular weight is 241 g/mol. The van der Waals surface area contributed by atoms with Crippen molar-refractivity contribution in [3.63, 3.8) is 0 Å². The van der Waals surface area contributed by atoms with Crippen molar-refractivity contribution in [2.75, 3.05) is 13.7 Å². The van der Waals surface area contributed by atoms with Crippen LogP contribution in [0.25, 0.3) is 0 Å². The van der Waals surface area contributed by atoms with Crippen LogP contribution < -0.4 is 10.1 Å². The van der Waals surface area contributed by atoms with Crippen LogP contribution >= 0.6 is 11.3 Å². The van der Waals surface area contributed by atoms with Crippen LogP contribution in [0.5, 0.6) is 5.75 Å². The molecule has 16 heavy (non-hydrogen) atoms. The number of hydrogen-bond donors (Lipinski definition) is 1. The van der Waals surface area contributed by atoms with Gasteiger partial charge in [0.1, 0.15) is 10.6 Å². The molecule has 0 atom stereocenters.